The van der Waals surface area contributed by atoms with E-state index >= 15 is 0 Å². The molecule has 0 saturated heterocycles. The van der Waals surface area contributed by atoms with Crippen LogP contribution in [-0.2, 0) is 13.1 Å². The lowest BCUT2D eigenvalue weighted by molar-refractivity contribution is 0.623. The van der Waals surface area contributed by atoms with Crippen molar-refractivity contribution in [3.8, 4) is 0 Å². The first kappa shape index (κ1) is 13.1. The summed E-state index contributed by atoms with van der Waals surface area (Å²) in [5, 5.41) is 7.92. The fraction of sp³-hybridized carbons (Fsp3) is 0.357. The van der Waals surface area contributed by atoms with E-state index in [-0.39, 0.29) is 0 Å². The van der Waals surface area contributed by atoms with Crippen LogP contribution in [0.25, 0.3) is 0 Å². The topological polar surface area (TPSA) is 29.9 Å². The Kier molecular flexibility index (Phi) is 4.07. The van der Waals surface area contributed by atoms with E-state index < -0.39 is 0 Å². The zero-order valence-corrected chi connectivity index (χ0v) is 12.6. The van der Waals surface area contributed by atoms with Gasteiger partial charge in [-0.15, -0.1) is 0 Å². The molecule has 0 aliphatic rings. The minimum absolute atomic E-state index is 0.798. The zero-order valence-electron chi connectivity index (χ0n) is 11.0. The summed E-state index contributed by atoms with van der Waals surface area (Å²) in [7, 11) is 0. The van der Waals surface area contributed by atoms with Crippen LogP contribution in [0.15, 0.2) is 28.7 Å². The van der Waals surface area contributed by atoms with Crippen LogP contribution in [-0.4, -0.2) is 9.78 Å². The van der Waals surface area contributed by atoms with Gasteiger partial charge in [0.25, 0.3) is 0 Å². The number of hydrogen-bond acceptors (Lipinski definition) is 2. The van der Waals surface area contributed by atoms with Crippen molar-refractivity contribution in [3.63, 3.8) is 0 Å². The molecule has 0 fully saturated rings. The molecule has 4 heteroatoms. The zero-order chi connectivity index (χ0) is 13.1. The maximum Gasteiger partial charge on any atom is 0.0597 e. The van der Waals surface area contributed by atoms with Crippen LogP contribution in [0.1, 0.15) is 23.9 Å². The number of halogens is 1. The number of nitrogens with one attached hydrogen (secondary N) is 1. The van der Waals surface area contributed by atoms with E-state index in [1.54, 1.807) is 0 Å². The summed E-state index contributed by atoms with van der Waals surface area (Å²) in [6.45, 7) is 7.95. The lowest BCUT2D eigenvalue weighted by Gasteiger charge is -2.11. The van der Waals surface area contributed by atoms with Crippen LogP contribution in [0.2, 0.25) is 0 Å². The third-order valence-electron chi connectivity index (χ3n) is 2.94. The lowest BCUT2D eigenvalue weighted by Crippen LogP contribution is -2.08. The van der Waals surface area contributed by atoms with Crippen molar-refractivity contribution in [2.75, 3.05) is 5.32 Å². The first-order valence-corrected chi connectivity index (χ1v) is 6.93. The Morgan fingerprint density at radius 2 is 2.06 bits per heavy atom. The van der Waals surface area contributed by atoms with Gasteiger partial charge in [-0.25, -0.2) is 0 Å². The molecule has 1 N–H and O–H groups in total. The third-order valence-corrected chi connectivity index (χ3v) is 3.44. The number of hydrogen-bond donors (Lipinski definition) is 1. The van der Waals surface area contributed by atoms with E-state index in [0.29, 0.717) is 0 Å². The lowest BCUT2D eigenvalue weighted by atomic mass is 10.2. The molecule has 2 aromatic rings. The Balaban J connectivity index is 2.13. The summed E-state index contributed by atoms with van der Waals surface area (Å²) in [6.07, 6.45) is 0. The van der Waals surface area contributed by atoms with Gasteiger partial charge in [-0.3, -0.25) is 4.68 Å². The predicted octanol–water partition coefficient (Wildman–Crippen LogP) is 3.89. The van der Waals surface area contributed by atoms with Gasteiger partial charge in [-0.1, -0.05) is 22.0 Å². The highest BCUT2D eigenvalue weighted by molar-refractivity contribution is 9.10. The first-order valence-electron chi connectivity index (χ1n) is 6.13. The maximum atomic E-state index is 4.45. The van der Waals surface area contributed by atoms with Crippen molar-refractivity contribution in [1.82, 2.24) is 9.78 Å². The highest BCUT2D eigenvalue weighted by atomic mass is 79.9. The fourth-order valence-electron chi connectivity index (χ4n) is 1.99. The highest BCUT2D eigenvalue weighted by Crippen LogP contribution is 2.21. The average Bonchev–Trinajstić information content (AvgIpc) is 2.71. The summed E-state index contributed by atoms with van der Waals surface area (Å²) < 4.78 is 3.13. The predicted molar refractivity (Wildman–Crippen MR) is 78.8 cm³/mol. The summed E-state index contributed by atoms with van der Waals surface area (Å²) >= 11 is 3.50. The van der Waals surface area contributed by atoms with Crippen molar-refractivity contribution in [2.24, 2.45) is 0 Å². The molecule has 1 heterocycles. The Bertz CT molecular complexity index is 546. The van der Waals surface area contributed by atoms with Crippen LogP contribution >= 0.6 is 15.9 Å². The molecule has 1 aromatic heterocycles. The molecule has 0 spiro atoms. The Labute approximate surface area is 116 Å². The number of aromatic nitrogens is 2. The van der Waals surface area contributed by atoms with E-state index in [4.69, 9.17) is 0 Å². The summed E-state index contributed by atoms with van der Waals surface area (Å²) in [6, 6.07) is 8.40. The van der Waals surface area contributed by atoms with Gasteiger partial charge >= 0.3 is 0 Å². The second kappa shape index (κ2) is 5.57. The molecule has 0 atom stereocenters. The molecule has 0 bridgehead atoms. The van der Waals surface area contributed by atoms with Crippen LogP contribution in [0, 0.1) is 13.8 Å². The Morgan fingerprint density at radius 1 is 1.28 bits per heavy atom. The third kappa shape index (κ3) is 2.93. The van der Waals surface area contributed by atoms with Crippen LogP contribution in [0.3, 0.4) is 0 Å². The van der Waals surface area contributed by atoms with Gasteiger partial charge in [0.1, 0.15) is 0 Å². The van der Waals surface area contributed by atoms with Gasteiger partial charge in [0, 0.05) is 16.7 Å². The number of benzene rings is 1. The van der Waals surface area contributed by atoms with E-state index in [1.807, 2.05) is 11.6 Å². The normalized spacial score (nSPS) is 10.7. The molecule has 0 unspecified atom stereocenters. The van der Waals surface area contributed by atoms with Crippen LogP contribution < -0.4 is 5.32 Å². The number of anilines is 1. The fourth-order valence-corrected chi connectivity index (χ4v) is 2.35. The second-order valence-corrected chi connectivity index (χ2v) is 5.32. The average molecular weight is 308 g/mol. The van der Waals surface area contributed by atoms with Gasteiger partial charge in [0.2, 0.25) is 0 Å². The Morgan fingerprint density at radius 3 is 2.78 bits per heavy atom. The van der Waals surface area contributed by atoms with Crippen LogP contribution in [0.5, 0.6) is 0 Å². The standard InChI is InChI=1S/C14H18BrN3/c1-4-18-13(7-11(3)17-18)9-16-14-8-12(15)6-5-10(14)2/h5-8,16H,4,9H2,1-3H3. The SMILES string of the molecule is CCn1nc(C)cc1CNc1cc(Br)ccc1C. The van der Waals surface area contributed by atoms with Crippen molar-refractivity contribution in [3.05, 3.63) is 45.7 Å². The first-order chi connectivity index (χ1) is 8.60. The van der Waals surface area contributed by atoms with Crippen molar-refractivity contribution >= 4 is 21.6 Å². The summed E-state index contributed by atoms with van der Waals surface area (Å²) in [4.78, 5) is 0. The molecule has 0 amide bonds. The molecule has 18 heavy (non-hydrogen) atoms. The van der Waals surface area contributed by atoms with E-state index in [9.17, 15) is 0 Å². The summed E-state index contributed by atoms with van der Waals surface area (Å²) in [5.74, 6) is 0. The minimum Gasteiger partial charge on any atom is -0.379 e. The van der Waals surface area contributed by atoms with Gasteiger partial charge in [-0.05, 0) is 44.5 Å². The monoisotopic (exact) mass is 307 g/mol. The number of rotatable bonds is 4. The van der Waals surface area contributed by atoms with E-state index in [1.165, 1.54) is 11.3 Å². The molecule has 0 aliphatic heterocycles. The van der Waals surface area contributed by atoms with Gasteiger partial charge < -0.3 is 5.32 Å². The van der Waals surface area contributed by atoms with Gasteiger partial charge in [-0.2, -0.15) is 5.10 Å². The quantitative estimate of drug-likeness (QED) is 0.928. The molecule has 2 rings (SSSR count). The van der Waals surface area contributed by atoms with Crippen molar-refractivity contribution in [2.45, 2.75) is 33.9 Å². The largest absolute Gasteiger partial charge is 0.379 e. The molecular weight excluding hydrogens is 290 g/mol. The van der Waals surface area contributed by atoms with E-state index in [0.717, 1.165) is 28.9 Å². The maximum absolute atomic E-state index is 4.45. The van der Waals surface area contributed by atoms with Crippen molar-refractivity contribution in [1.29, 1.82) is 0 Å². The van der Waals surface area contributed by atoms with E-state index in [2.05, 4.69) is 64.5 Å². The summed E-state index contributed by atoms with van der Waals surface area (Å²) in [5.41, 5.74) is 4.69. The molecule has 0 saturated carbocycles. The molecule has 1 aromatic carbocycles. The minimum atomic E-state index is 0.798. The molecule has 0 radical (unpaired) electrons. The highest BCUT2D eigenvalue weighted by Gasteiger charge is 2.05. The molecule has 96 valence electrons. The second-order valence-electron chi connectivity index (χ2n) is 4.41. The number of aryl methyl sites for hydroxylation is 3. The smallest absolute Gasteiger partial charge is 0.0597 e. The Hall–Kier alpha value is -1.29. The van der Waals surface area contributed by atoms with Crippen molar-refractivity contribution < 1.29 is 0 Å². The van der Waals surface area contributed by atoms with Crippen LogP contribution in [0.4, 0.5) is 5.69 Å². The number of nitrogens with zero attached hydrogens (tertiary/aromatic N) is 2. The molecular formula is C14H18BrN3. The molecule has 0 aliphatic carbocycles. The molecule has 3 nitrogen and oxygen atoms in total. The van der Waals surface area contributed by atoms with Gasteiger partial charge in [0.05, 0.1) is 17.9 Å². The van der Waals surface area contributed by atoms with Gasteiger partial charge in [0.15, 0.2) is 0 Å².